The molecule has 5 heteroatoms. The van der Waals surface area contributed by atoms with Crippen LogP contribution in [-0.2, 0) is 9.59 Å². The predicted octanol–water partition coefficient (Wildman–Crippen LogP) is 1.49. The molecule has 110 valence electrons. The Labute approximate surface area is 119 Å². The van der Waals surface area contributed by atoms with E-state index in [1.807, 2.05) is 30.3 Å². The Morgan fingerprint density at radius 1 is 1.15 bits per heavy atom. The molecule has 0 spiro atoms. The molecule has 20 heavy (non-hydrogen) atoms. The largest absolute Gasteiger partial charge is 0.481 e. The fraction of sp³-hybridized carbons (Fsp3) is 0.467. The summed E-state index contributed by atoms with van der Waals surface area (Å²) in [6.45, 7) is 0.830. The van der Waals surface area contributed by atoms with Crippen LogP contribution in [0.1, 0.15) is 37.2 Å². The second kappa shape index (κ2) is 9.09. The van der Waals surface area contributed by atoms with E-state index in [9.17, 15) is 9.59 Å². The third-order valence-electron chi connectivity index (χ3n) is 3.12. The number of hydrogen-bond donors (Lipinski definition) is 3. The molecule has 1 amide bonds. The summed E-state index contributed by atoms with van der Waals surface area (Å²) >= 11 is 0. The first-order valence-corrected chi connectivity index (χ1v) is 6.89. The van der Waals surface area contributed by atoms with E-state index >= 15 is 0 Å². The van der Waals surface area contributed by atoms with Gasteiger partial charge in [-0.05, 0) is 18.4 Å². The summed E-state index contributed by atoms with van der Waals surface area (Å²) in [5, 5.41) is 11.4. The van der Waals surface area contributed by atoms with Gasteiger partial charge in [-0.15, -0.1) is 0 Å². The van der Waals surface area contributed by atoms with Gasteiger partial charge in [0.1, 0.15) is 0 Å². The highest BCUT2D eigenvalue weighted by Gasteiger charge is 2.17. The molecule has 5 nitrogen and oxygen atoms in total. The van der Waals surface area contributed by atoms with Crippen molar-refractivity contribution in [3.05, 3.63) is 35.9 Å². The number of carbonyl (C=O) groups is 2. The Morgan fingerprint density at radius 2 is 1.85 bits per heavy atom. The summed E-state index contributed by atoms with van der Waals surface area (Å²) in [6.07, 6.45) is 2.41. The van der Waals surface area contributed by atoms with Gasteiger partial charge in [0.25, 0.3) is 0 Å². The Morgan fingerprint density at radius 3 is 2.45 bits per heavy atom. The van der Waals surface area contributed by atoms with Crippen LogP contribution in [0.2, 0.25) is 0 Å². The van der Waals surface area contributed by atoms with Gasteiger partial charge in [0.15, 0.2) is 0 Å². The number of aliphatic carboxylic acids is 1. The minimum Gasteiger partial charge on any atom is -0.481 e. The van der Waals surface area contributed by atoms with Gasteiger partial charge in [-0.3, -0.25) is 9.59 Å². The van der Waals surface area contributed by atoms with Gasteiger partial charge in [0, 0.05) is 19.5 Å². The van der Waals surface area contributed by atoms with Crippen molar-refractivity contribution in [3.63, 3.8) is 0 Å². The van der Waals surface area contributed by atoms with Gasteiger partial charge >= 0.3 is 5.97 Å². The summed E-state index contributed by atoms with van der Waals surface area (Å²) in [4.78, 5) is 22.4. The van der Waals surface area contributed by atoms with Crippen LogP contribution in [0, 0.1) is 0 Å². The average molecular weight is 278 g/mol. The number of carbonyl (C=O) groups excluding carboxylic acids is 1. The molecular formula is C15H22N2O3. The van der Waals surface area contributed by atoms with Gasteiger partial charge in [-0.1, -0.05) is 36.8 Å². The van der Waals surface area contributed by atoms with Crippen LogP contribution >= 0.6 is 0 Å². The van der Waals surface area contributed by atoms with E-state index in [2.05, 4.69) is 5.32 Å². The maximum atomic E-state index is 12.0. The van der Waals surface area contributed by atoms with Crippen LogP contribution in [0.15, 0.2) is 30.3 Å². The Kier molecular flexibility index (Phi) is 7.35. The molecule has 0 aliphatic heterocycles. The molecule has 1 aromatic rings. The van der Waals surface area contributed by atoms with Crippen molar-refractivity contribution in [1.29, 1.82) is 0 Å². The predicted molar refractivity (Wildman–Crippen MR) is 77.4 cm³/mol. The van der Waals surface area contributed by atoms with Gasteiger partial charge in [-0.2, -0.15) is 0 Å². The molecule has 1 rings (SSSR count). The zero-order valence-electron chi connectivity index (χ0n) is 11.5. The summed E-state index contributed by atoms with van der Waals surface area (Å²) in [6, 6.07) is 9.46. The second-order valence-electron chi connectivity index (χ2n) is 4.69. The summed E-state index contributed by atoms with van der Waals surface area (Å²) in [5.41, 5.74) is 6.58. The minimum atomic E-state index is -0.777. The number of carboxylic acids is 1. The molecular weight excluding hydrogens is 256 g/mol. The van der Waals surface area contributed by atoms with Crippen LogP contribution < -0.4 is 11.1 Å². The fourth-order valence-corrected chi connectivity index (χ4v) is 1.99. The smallest absolute Gasteiger partial charge is 0.303 e. The van der Waals surface area contributed by atoms with E-state index in [0.717, 1.165) is 18.4 Å². The normalized spacial score (nSPS) is 11.8. The molecule has 1 aromatic carbocycles. The van der Waals surface area contributed by atoms with Crippen LogP contribution in [0.25, 0.3) is 0 Å². The second-order valence-corrected chi connectivity index (χ2v) is 4.69. The molecule has 0 saturated carbocycles. The zero-order chi connectivity index (χ0) is 14.8. The Hall–Kier alpha value is -1.88. The van der Waals surface area contributed by atoms with E-state index in [1.165, 1.54) is 0 Å². The molecule has 1 unspecified atom stereocenters. The number of amides is 1. The standard InChI is InChI=1S/C15H22N2O3/c16-11-13(12-7-3-1-4-8-12)15(20)17-10-6-2-5-9-14(18)19/h1,3-4,7-8,13H,2,5-6,9-11,16H2,(H,17,20)(H,18,19). The SMILES string of the molecule is NCC(C(=O)NCCCCCC(=O)O)c1ccccc1. The summed E-state index contributed by atoms with van der Waals surface area (Å²) in [5.74, 6) is -1.17. The molecule has 0 bridgehead atoms. The molecule has 0 aliphatic rings. The lowest BCUT2D eigenvalue weighted by atomic mass is 9.98. The number of nitrogens with one attached hydrogen (secondary N) is 1. The zero-order valence-corrected chi connectivity index (χ0v) is 11.5. The number of benzene rings is 1. The molecule has 0 fully saturated rings. The minimum absolute atomic E-state index is 0.0723. The molecule has 0 aliphatic carbocycles. The third-order valence-corrected chi connectivity index (χ3v) is 3.12. The molecule has 1 atom stereocenters. The number of unbranched alkanes of at least 4 members (excludes halogenated alkanes) is 2. The van der Waals surface area contributed by atoms with Gasteiger partial charge in [0.05, 0.1) is 5.92 Å². The lowest BCUT2D eigenvalue weighted by molar-refractivity contribution is -0.137. The van der Waals surface area contributed by atoms with Crippen molar-refractivity contribution >= 4 is 11.9 Å². The van der Waals surface area contributed by atoms with Crippen molar-refractivity contribution in [2.75, 3.05) is 13.1 Å². The van der Waals surface area contributed by atoms with Crippen molar-refractivity contribution in [2.45, 2.75) is 31.6 Å². The lowest BCUT2D eigenvalue weighted by Crippen LogP contribution is -2.34. The van der Waals surface area contributed by atoms with E-state index in [4.69, 9.17) is 10.8 Å². The topological polar surface area (TPSA) is 92.4 Å². The maximum Gasteiger partial charge on any atom is 0.303 e. The van der Waals surface area contributed by atoms with Crippen LogP contribution in [-0.4, -0.2) is 30.1 Å². The number of hydrogen-bond acceptors (Lipinski definition) is 3. The van der Waals surface area contributed by atoms with Gasteiger partial charge in [-0.25, -0.2) is 0 Å². The van der Waals surface area contributed by atoms with E-state index in [0.29, 0.717) is 13.0 Å². The average Bonchev–Trinajstić information content (AvgIpc) is 2.44. The van der Waals surface area contributed by atoms with Gasteiger partial charge < -0.3 is 16.2 Å². The monoisotopic (exact) mass is 278 g/mol. The van der Waals surface area contributed by atoms with Crippen molar-refractivity contribution < 1.29 is 14.7 Å². The van der Waals surface area contributed by atoms with Crippen molar-refractivity contribution in [1.82, 2.24) is 5.32 Å². The molecule has 0 aromatic heterocycles. The fourth-order valence-electron chi connectivity index (χ4n) is 1.99. The van der Waals surface area contributed by atoms with Crippen molar-refractivity contribution in [2.24, 2.45) is 5.73 Å². The highest BCUT2D eigenvalue weighted by atomic mass is 16.4. The van der Waals surface area contributed by atoms with E-state index in [1.54, 1.807) is 0 Å². The summed E-state index contributed by atoms with van der Waals surface area (Å²) in [7, 11) is 0. The number of nitrogens with two attached hydrogens (primary N) is 1. The highest BCUT2D eigenvalue weighted by Crippen LogP contribution is 2.14. The van der Waals surface area contributed by atoms with Crippen LogP contribution in [0.4, 0.5) is 0 Å². The summed E-state index contributed by atoms with van der Waals surface area (Å²) < 4.78 is 0. The Balaban J connectivity index is 2.29. The highest BCUT2D eigenvalue weighted by molar-refractivity contribution is 5.83. The molecule has 0 radical (unpaired) electrons. The van der Waals surface area contributed by atoms with Crippen LogP contribution in [0.5, 0.6) is 0 Å². The van der Waals surface area contributed by atoms with E-state index in [-0.39, 0.29) is 24.8 Å². The maximum absolute atomic E-state index is 12.0. The molecule has 0 saturated heterocycles. The first-order valence-electron chi connectivity index (χ1n) is 6.89. The van der Waals surface area contributed by atoms with E-state index < -0.39 is 5.97 Å². The third kappa shape index (κ3) is 5.84. The first-order chi connectivity index (χ1) is 9.65. The number of carboxylic acid groups (broad SMARTS) is 1. The lowest BCUT2D eigenvalue weighted by Gasteiger charge is -2.15. The van der Waals surface area contributed by atoms with Crippen LogP contribution in [0.3, 0.4) is 0 Å². The quantitative estimate of drug-likeness (QED) is 0.597. The molecule has 4 N–H and O–H groups in total. The first kappa shape index (κ1) is 16.2. The van der Waals surface area contributed by atoms with Gasteiger partial charge in [0.2, 0.25) is 5.91 Å². The molecule has 0 heterocycles. The Bertz CT molecular complexity index is 420. The number of rotatable bonds is 9. The van der Waals surface area contributed by atoms with Crippen molar-refractivity contribution in [3.8, 4) is 0 Å².